The van der Waals surface area contributed by atoms with Gasteiger partial charge in [-0.1, -0.05) is 6.07 Å². The van der Waals surface area contributed by atoms with Crippen LogP contribution in [0.1, 0.15) is 11.6 Å². The number of cyclic esters (lactones) is 1. The molecule has 0 unspecified atom stereocenters. The highest BCUT2D eigenvalue weighted by atomic mass is 19.1. The summed E-state index contributed by atoms with van der Waals surface area (Å²) >= 11 is 0. The number of ether oxygens (including phenoxy) is 1. The van der Waals surface area contributed by atoms with Crippen LogP contribution in [0.15, 0.2) is 18.2 Å². The highest BCUT2D eigenvalue weighted by Gasteiger charge is 2.28. The van der Waals surface area contributed by atoms with Gasteiger partial charge in [0, 0.05) is 5.56 Å². The minimum atomic E-state index is -0.733. The summed E-state index contributed by atoms with van der Waals surface area (Å²) in [5.74, 6) is -1.36. The van der Waals surface area contributed by atoms with E-state index in [2.05, 4.69) is 10.1 Å². The molecule has 0 radical (unpaired) electrons. The summed E-state index contributed by atoms with van der Waals surface area (Å²) in [5.41, 5.74) is -0.154. The van der Waals surface area contributed by atoms with Gasteiger partial charge >= 0.3 is 6.09 Å². The Bertz CT molecular complexity index is 361. The van der Waals surface area contributed by atoms with Gasteiger partial charge in [0.05, 0.1) is 6.04 Å². The van der Waals surface area contributed by atoms with Gasteiger partial charge in [0.2, 0.25) is 0 Å². The van der Waals surface area contributed by atoms with Crippen LogP contribution in [-0.2, 0) is 4.74 Å². The van der Waals surface area contributed by atoms with E-state index in [1.165, 1.54) is 6.07 Å². The molecule has 74 valence electrons. The number of alkyl carbamates (subject to hydrolysis) is 1. The van der Waals surface area contributed by atoms with E-state index in [4.69, 9.17) is 0 Å². The standard InChI is InChI=1S/C9H7F2NO2/c10-5-2-1-3-6(11)8(5)7-4-14-9(13)12-7/h1-3,7H,4H2,(H,12,13)/t7-/m0/s1. The molecular weight excluding hydrogens is 192 g/mol. The smallest absolute Gasteiger partial charge is 0.407 e. The first-order valence-electron chi connectivity index (χ1n) is 4.05. The molecule has 0 aromatic heterocycles. The Morgan fingerprint density at radius 1 is 1.36 bits per heavy atom. The molecule has 1 atom stereocenters. The van der Waals surface area contributed by atoms with Gasteiger partial charge in [0.25, 0.3) is 0 Å². The molecule has 1 aromatic rings. The monoisotopic (exact) mass is 199 g/mol. The third kappa shape index (κ3) is 1.41. The maximum Gasteiger partial charge on any atom is 0.407 e. The Hall–Kier alpha value is -1.65. The first kappa shape index (κ1) is 8.93. The molecule has 0 spiro atoms. The predicted molar refractivity (Wildman–Crippen MR) is 43.6 cm³/mol. The molecule has 1 saturated heterocycles. The lowest BCUT2D eigenvalue weighted by atomic mass is 10.1. The number of carbonyl (C=O) groups excluding carboxylic acids is 1. The van der Waals surface area contributed by atoms with Gasteiger partial charge in [-0.3, -0.25) is 0 Å². The van der Waals surface area contributed by atoms with Crippen LogP contribution in [0.25, 0.3) is 0 Å². The van der Waals surface area contributed by atoms with Crippen molar-refractivity contribution >= 4 is 6.09 Å². The molecule has 0 aliphatic carbocycles. The fourth-order valence-corrected chi connectivity index (χ4v) is 1.38. The van der Waals surface area contributed by atoms with E-state index in [0.29, 0.717) is 0 Å². The lowest BCUT2D eigenvalue weighted by Gasteiger charge is -2.09. The van der Waals surface area contributed by atoms with Gasteiger partial charge in [-0.05, 0) is 12.1 Å². The second-order valence-electron chi connectivity index (χ2n) is 2.93. The minimum Gasteiger partial charge on any atom is -0.447 e. The van der Waals surface area contributed by atoms with E-state index >= 15 is 0 Å². The van der Waals surface area contributed by atoms with Gasteiger partial charge in [0.15, 0.2) is 0 Å². The number of rotatable bonds is 1. The van der Waals surface area contributed by atoms with Crippen LogP contribution in [0.4, 0.5) is 13.6 Å². The van der Waals surface area contributed by atoms with Gasteiger partial charge in [-0.2, -0.15) is 0 Å². The Morgan fingerprint density at radius 2 is 2.00 bits per heavy atom. The third-order valence-corrected chi connectivity index (χ3v) is 2.02. The average molecular weight is 199 g/mol. The Morgan fingerprint density at radius 3 is 2.50 bits per heavy atom. The summed E-state index contributed by atoms with van der Waals surface area (Å²) in [6.45, 7) is -0.0450. The topological polar surface area (TPSA) is 38.3 Å². The number of nitrogens with one attached hydrogen (secondary N) is 1. The van der Waals surface area contributed by atoms with Crippen molar-refractivity contribution in [3.8, 4) is 0 Å². The fourth-order valence-electron chi connectivity index (χ4n) is 1.38. The molecule has 3 nitrogen and oxygen atoms in total. The van der Waals surface area contributed by atoms with E-state index in [1.807, 2.05) is 0 Å². The van der Waals surface area contributed by atoms with Crippen molar-refractivity contribution in [3.05, 3.63) is 35.4 Å². The Labute approximate surface area is 78.7 Å². The Balaban J connectivity index is 2.36. The van der Waals surface area contributed by atoms with Crippen LogP contribution >= 0.6 is 0 Å². The number of hydrogen-bond acceptors (Lipinski definition) is 2. The van der Waals surface area contributed by atoms with E-state index in [-0.39, 0.29) is 12.2 Å². The van der Waals surface area contributed by atoms with Crippen molar-refractivity contribution in [2.45, 2.75) is 6.04 Å². The molecule has 0 bridgehead atoms. The molecule has 5 heteroatoms. The maximum atomic E-state index is 13.2. The molecule has 1 aliphatic rings. The molecular formula is C9H7F2NO2. The van der Waals surface area contributed by atoms with Crippen LogP contribution < -0.4 is 5.32 Å². The average Bonchev–Trinajstić information content (AvgIpc) is 2.51. The SMILES string of the molecule is O=C1N[C@H](c2c(F)cccc2F)CO1. The quantitative estimate of drug-likeness (QED) is 0.748. The first-order chi connectivity index (χ1) is 6.68. The zero-order valence-electron chi connectivity index (χ0n) is 7.09. The Kier molecular flexibility index (Phi) is 2.07. The molecule has 0 saturated carbocycles. The molecule has 14 heavy (non-hydrogen) atoms. The lowest BCUT2D eigenvalue weighted by molar-refractivity contribution is 0.176. The van der Waals surface area contributed by atoms with Crippen molar-refractivity contribution in [3.63, 3.8) is 0 Å². The molecule has 1 amide bonds. The van der Waals surface area contributed by atoms with Crippen molar-refractivity contribution in [2.24, 2.45) is 0 Å². The van der Waals surface area contributed by atoms with Gasteiger partial charge in [0.1, 0.15) is 18.2 Å². The summed E-state index contributed by atoms with van der Waals surface area (Å²) in [7, 11) is 0. The van der Waals surface area contributed by atoms with Crippen molar-refractivity contribution < 1.29 is 18.3 Å². The van der Waals surface area contributed by atoms with Crippen molar-refractivity contribution in [2.75, 3.05) is 6.61 Å². The van der Waals surface area contributed by atoms with Gasteiger partial charge in [-0.15, -0.1) is 0 Å². The van der Waals surface area contributed by atoms with Crippen LogP contribution in [0.5, 0.6) is 0 Å². The number of halogens is 2. The van der Waals surface area contributed by atoms with E-state index in [1.54, 1.807) is 0 Å². The van der Waals surface area contributed by atoms with E-state index in [0.717, 1.165) is 12.1 Å². The molecule has 1 aliphatic heterocycles. The highest BCUT2D eigenvalue weighted by Crippen LogP contribution is 2.23. The zero-order valence-corrected chi connectivity index (χ0v) is 7.09. The molecule has 2 rings (SSSR count). The molecule has 1 aromatic carbocycles. The lowest BCUT2D eigenvalue weighted by Crippen LogP contribution is -2.20. The predicted octanol–water partition coefficient (Wildman–Crippen LogP) is 1.75. The van der Waals surface area contributed by atoms with E-state index < -0.39 is 23.8 Å². The molecule has 1 N–H and O–H groups in total. The number of amides is 1. The number of carbonyl (C=O) groups is 1. The highest BCUT2D eigenvalue weighted by molar-refractivity contribution is 5.70. The second-order valence-corrected chi connectivity index (χ2v) is 2.93. The molecule has 1 heterocycles. The molecule has 1 fully saturated rings. The normalized spacial score (nSPS) is 20.4. The first-order valence-corrected chi connectivity index (χ1v) is 4.05. The van der Waals surface area contributed by atoms with Crippen LogP contribution in [0.2, 0.25) is 0 Å². The van der Waals surface area contributed by atoms with Crippen LogP contribution in [0.3, 0.4) is 0 Å². The van der Waals surface area contributed by atoms with Gasteiger partial charge < -0.3 is 10.1 Å². The summed E-state index contributed by atoms with van der Waals surface area (Å²) in [4.78, 5) is 10.7. The number of hydrogen-bond donors (Lipinski definition) is 1. The van der Waals surface area contributed by atoms with Crippen molar-refractivity contribution in [1.29, 1.82) is 0 Å². The van der Waals surface area contributed by atoms with Gasteiger partial charge in [-0.25, -0.2) is 13.6 Å². The van der Waals surface area contributed by atoms with E-state index in [9.17, 15) is 13.6 Å². The summed E-state index contributed by atoms with van der Waals surface area (Å²) in [5, 5.41) is 2.31. The third-order valence-electron chi connectivity index (χ3n) is 2.02. The summed E-state index contributed by atoms with van der Waals surface area (Å²) < 4.78 is 30.9. The van der Waals surface area contributed by atoms with Crippen molar-refractivity contribution in [1.82, 2.24) is 5.32 Å². The van der Waals surface area contributed by atoms with Crippen LogP contribution in [-0.4, -0.2) is 12.7 Å². The fraction of sp³-hybridized carbons (Fsp3) is 0.222. The largest absolute Gasteiger partial charge is 0.447 e. The number of benzene rings is 1. The summed E-state index contributed by atoms with van der Waals surface area (Å²) in [6.07, 6.45) is -0.655. The maximum absolute atomic E-state index is 13.2. The summed E-state index contributed by atoms with van der Waals surface area (Å²) in [6, 6.07) is 2.82. The minimum absolute atomic E-state index is 0.0450. The zero-order chi connectivity index (χ0) is 10.1. The van der Waals surface area contributed by atoms with Crippen LogP contribution in [0, 0.1) is 11.6 Å². The second kappa shape index (κ2) is 3.25.